The Bertz CT molecular complexity index is 515. The molecule has 22 heavy (non-hydrogen) atoms. The van der Waals surface area contributed by atoms with Crippen LogP contribution in [0.4, 0.5) is 4.79 Å². The molecule has 2 atom stereocenters. The molecule has 0 aliphatic carbocycles. The maximum Gasteiger partial charge on any atom is 0.414 e. The van der Waals surface area contributed by atoms with Crippen LogP contribution in [0.1, 0.15) is 41.8 Å². The third kappa shape index (κ3) is 3.67. The molecule has 0 bridgehead atoms. The lowest BCUT2D eigenvalue weighted by Gasteiger charge is -2.44. The summed E-state index contributed by atoms with van der Waals surface area (Å²) in [5, 5.41) is 4.10. The van der Waals surface area contributed by atoms with E-state index >= 15 is 0 Å². The zero-order valence-electron chi connectivity index (χ0n) is 12.6. The summed E-state index contributed by atoms with van der Waals surface area (Å²) in [4.78, 5) is 26.6. The number of fused-ring (bicyclic) bond motifs is 1. The molecule has 3 heterocycles. The minimum Gasteiger partial charge on any atom is -0.449 e. The summed E-state index contributed by atoms with van der Waals surface area (Å²) in [5.74, 6) is 0.0135. The van der Waals surface area contributed by atoms with Gasteiger partial charge < -0.3 is 4.74 Å². The van der Waals surface area contributed by atoms with E-state index < -0.39 is 6.09 Å². The van der Waals surface area contributed by atoms with Gasteiger partial charge in [-0.2, -0.15) is 0 Å². The normalized spacial score (nSPS) is 25.3. The Hall–Kier alpha value is -1.40. The maximum absolute atomic E-state index is 11.8. The molecule has 6 heteroatoms. The van der Waals surface area contributed by atoms with Gasteiger partial charge >= 0.3 is 6.09 Å². The number of hydrogen-bond acceptors (Lipinski definition) is 5. The molecule has 0 aromatic carbocycles. The molecular formula is C16H22N2O3S. The van der Waals surface area contributed by atoms with Gasteiger partial charge in [0.15, 0.2) is 0 Å². The van der Waals surface area contributed by atoms with Crippen molar-refractivity contribution in [1.29, 1.82) is 0 Å². The van der Waals surface area contributed by atoms with Gasteiger partial charge in [0.05, 0.1) is 11.5 Å². The molecule has 5 nitrogen and oxygen atoms in total. The van der Waals surface area contributed by atoms with E-state index in [-0.39, 0.29) is 5.91 Å². The Morgan fingerprint density at radius 1 is 1.27 bits per heavy atom. The highest BCUT2D eigenvalue weighted by molar-refractivity contribution is 7.12. The summed E-state index contributed by atoms with van der Waals surface area (Å²) >= 11 is 1.31. The highest BCUT2D eigenvalue weighted by atomic mass is 32.1. The van der Waals surface area contributed by atoms with Crippen molar-refractivity contribution in [2.24, 2.45) is 5.92 Å². The number of alkyl carbamates (subject to hydrolysis) is 1. The summed E-state index contributed by atoms with van der Waals surface area (Å²) in [6.07, 6.45) is 5.38. The van der Waals surface area contributed by atoms with Gasteiger partial charge in [-0.15, -0.1) is 11.3 Å². The van der Waals surface area contributed by atoms with Crippen molar-refractivity contribution in [3.63, 3.8) is 0 Å². The summed E-state index contributed by atoms with van der Waals surface area (Å²) in [5.41, 5.74) is 0. The van der Waals surface area contributed by atoms with Gasteiger partial charge in [0.2, 0.25) is 0 Å². The number of piperidine rings is 2. The molecule has 120 valence electrons. The number of nitrogens with zero attached hydrogens (tertiary/aromatic N) is 1. The van der Waals surface area contributed by atoms with E-state index in [9.17, 15) is 9.59 Å². The van der Waals surface area contributed by atoms with Crippen molar-refractivity contribution in [2.75, 3.05) is 19.7 Å². The lowest BCUT2D eigenvalue weighted by molar-refractivity contribution is 0.0235. The number of amides is 2. The van der Waals surface area contributed by atoms with Crippen LogP contribution < -0.4 is 5.32 Å². The van der Waals surface area contributed by atoms with Gasteiger partial charge in [-0.25, -0.2) is 4.79 Å². The van der Waals surface area contributed by atoms with Crippen LogP contribution in [0.25, 0.3) is 0 Å². The zero-order valence-corrected chi connectivity index (χ0v) is 13.4. The summed E-state index contributed by atoms with van der Waals surface area (Å²) in [7, 11) is 0. The third-order valence-corrected chi connectivity index (χ3v) is 5.49. The fourth-order valence-corrected chi connectivity index (χ4v) is 4.17. The van der Waals surface area contributed by atoms with E-state index in [0.717, 1.165) is 6.42 Å². The van der Waals surface area contributed by atoms with Gasteiger partial charge in [0.25, 0.3) is 5.91 Å². The molecule has 1 aromatic heterocycles. The van der Waals surface area contributed by atoms with E-state index in [0.29, 0.717) is 23.4 Å². The van der Waals surface area contributed by atoms with Crippen molar-refractivity contribution >= 4 is 23.3 Å². The molecular weight excluding hydrogens is 300 g/mol. The Morgan fingerprint density at radius 3 is 2.95 bits per heavy atom. The standard InChI is InChI=1S/C16H22N2O3S/c19-15(14-7-4-10-22-14)17-16(20)21-11-12-5-3-9-18-8-2-1-6-13(12)18/h4,7,10,12-13H,1-3,5-6,8-9,11H2,(H,17,19,20)/t12-,13-/m0/s1. The number of carbonyl (C=O) groups is 2. The molecule has 2 fully saturated rings. The molecule has 2 aliphatic heterocycles. The van der Waals surface area contributed by atoms with E-state index in [1.165, 1.54) is 50.1 Å². The lowest BCUT2D eigenvalue weighted by Crippen LogP contribution is -2.49. The second-order valence-corrected chi connectivity index (χ2v) is 6.98. The van der Waals surface area contributed by atoms with E-state index in [1.807, 2.05) is 0 Å². The molecule has 1 N–H and O–H groups in total. The van der Waals surface area contributed by atoms with Crippen LogP contribution in [0.15, 0.2) is 17.5 Å². The fraction of sp³-hybridized carbons (Fsp3) is 0.625. The van der Waals surface area contributed by atoms with Gasteiger partial charge in [-0.3, -0.25) is 15.0 Å². The van der Waals surface area contributed by atoms with Crippen LogP contribution >= 0.6 is 11.3 Å². The second-order valence-electron chi connectivity index (χ2n) is 6.03. The van der Waals surface area contributed by atoms with E-state index in [1.54, 1.807) is 17.5 Å². The van der Waals surface area contributed by atoms with Crippen LogP contribution in [-0.2, 0) is 4.74 Å². The number of ether oxygens (including phenoxy) is 1. The third-order valence-electron chi connectivity index (χ3n) is 4.62. The predicted octanol–water partition coefficient (Wildman–Crippen LogP) is 2.88. The topological polar surface area (TPSA) is 58.6 Å². The largest absolute Gasteiger partial charge is 0.449 e. The first-order valence-corrected chi connectivity index (χ1v) is 8.87. The van der Waals surface area contributed by atoms with E-state index in [2.05, 4.69) is 10.2 Å². The first-order valence-electron chi connectivity index (χ1n) is 7.99. The first kappa shape index (κ1) is 15.5. The molecule has 0 spiro atoms. The van der Waals surface area contributed by atoms with Gasteiger partial charge in [0.1, 0.15) is 0 Å². The van der Waals surface area contributed by atoms with Crippen molar-refractivity contribution in [2.45, 2.75) is 38.1 Å². The van der Waals surface area contributed by atoms with Crippen molar-refractivity contribution in [3.8, 4) is 0 Å². The van der Waals surface area contributed by atoms with Crippen LogP contribution in [-0.4, -0.2) is 42.6 Å². The smallest absolute Gasteiger partial charge is 0.414 e. The Kier molecular flexibility index (Phi) is 5.10. The number of thiophene rings is 1. The molecule has 0 unspecified atom stereocenters. The Morgan fingerprint density at radius 2 is 2.14 bits per heavy atom. The van der Waals surface area contributed by atoms with Gasteiger partial charge in [0, 0.05) is 12.0 Å². The highest BCUT2D eigenvalue weighted by Gasteiger charge is 2.33. The van der Waals surface area contributed by atoms with Gasteiger partial charge in [-0.05, 0) is 50.2 Å². The maximum atomic E-state index is 11.8. The lowest BCUT2D eigenvalue weighted by atomic mass is 9.84. The number of carbonyl (C=O) groups excluding carboxylic acids is 2. The van der Waals surface area contributed by atoms with Crippen molar-refractivity contribution in [3.05, 3.63) is 22.4 Å². The molecule has 3 rings (SSSR count). The average molecular weight is 322 g/mol. The fourth-order valence-electron chi connectivity index (χ4n) is 3.55. The summed E-state index contributed by atoms with van der Waals surface area (Å²) in [6.45, 7) is 2.75. The number of nitrogens with one attached hydrogen (secondary N) is 1. The molecule has 1 aromatic rings. The van der Waals surface area contributed by atoms with Crippen LogP contribution in [0.2, 0.25) is 0 Å². The van der Waals surface area contributed by atoms with Crippen LogP contribution in [0, 0.1) is 5.92 Å². The number of rotatable bonds is 3. The summed E-state index contributed by atoms with van der Waals surface area (Å²) < 4.78 is 5.31. The quantitative estimate of drug-likeness (QED) is 0.929. The number of hydrogen-bond donors (Lipinski definition) is 1. The molecule has 0 saturated carbocycles. The molecule has 2 amide bonds. The molecule has 2 saturated heterocycles. The minimum atomic E-state index is -0.633. The highest BCUT2D eigenvalue weighted by Crippen LogP contribution is 2.30. The zero-order chi connectivity index (χ0) is 15.4. The average Bonchev–Trinajstić information content (AvgIpc) is 3.07. The minimum absolute atomic E-state index is 0.386. The van der Waals surface area contributed by atoms with Gasteiger partial charge in [-0.1, -0.05) is 12.5 Å². The molecule has 0 radical (unpaired) electrons. The second kappa shape index (κ2) is 7.24. The van der Waals surface area contributed by atoms with E-state index in [4.69, 9.17) is 4.74 Å². The van der Waals surface area contributed by atoms with Crippen molar-refractivity contribution in [1.82, 2.24) is 10.2 Å². The Balaban J connectivity index is 1.47. The first-order chi connectivity index (χ1) is 10.7. The SMILES string of the molecule is O=C(NC(=O)c1cccs1)OC[C@@H]1CCCN2CCCC[C@@H]12. The summed E-state index contributed by atoms with van der Waals surface area (Å²) in [6, 6.07) is 4.02. The van der Waals surface area contributed by atoms with Crippen molar-refractivity contribution < 1.29 is 14.3 Å². The van der Waals surface area contributed by atoms with Crippen LogP contribution in [0.3, 0.4) is 0 Å². The Labute approximate surface area is 134 Å². The molecule has 2 aliphatic rings. The van der Waals surface area contributed by atoms with Crippen LogP contribution in [0.5, 0.6) is 0 Å². The number of imide groups is 1. The monoisotopic (exact) mass is 322 g/mol. The predicted molar refractivity (Wildman–Crippen MR) is 85.1 cm³/mol.